The molecule has 0 amide bonds. The molecule has 0 N–H and O–H groups in total. The van der Waals surface area contributed by atoms with Crippen molar-refractivity contribution in [2.45, 2.75) is 86.9 Å². The van der Waals surface area contributed by atoms with Crippen LogP contribution in [0.5, 0.6) is 5.75 Å². The zero-order valence-electron chi connectivity index (χ0n) is 17.5. The van der Waals surface area contributed by atoms with Gasteiger partial charge >= 0.3 is 0 Å². The number of hydrogen-bond acceptors (Lipinski definition) is 2. The van der Waals surface area contributed by atoms with E-state index >= 15 is 0 Å². The van der Waals surface area contributed by atoms with Gasteiger partial charge in [-0.15, -0.1) is 0 Å². The van der Waals surface area contributed by atoms with Gasteiger partial charge in [0.25, 0.3) is 0 Å². The van der Waals surface area contributed by atoms with Crippen molar-refractivity contribution in [1.82, 2.24) is 0 Å². The van der Waals surface area contributed by atoms with Crippen LogP contribution < -0.4 is 4.74 Å². The molecule has 0 bridgehead atoms. The van der Waals surface area contributed by atoms with Crippen LogP contribution in [-0.2, 0) is 4.74 Å². The molecule has 2 heteroatoms. The number of methoxy groups -OCH3 is 1. The summed E-state index contributed by atoms with van der Waals surface area (Å²) in [6.07, 6.45) is 3.14. The summed E-state index contributed by atoms with van der Waals surface area (Å²) in [6.45, 7) is 17.4. The second kappa shape index (κ2) is 11.5. The monoisotopic (exact) mass is 336 g/mol. The SMILES string of the molecule is CC.CCCC(c1ccc(OC(CC(C)(C)C)OC)cc1)C(C)C. The first-order valence-corrected chi connectivity index (χ1v) is 9.56. The molecule has 0 radical (unpaired) electrons. The van der Waals surface area contributed by atoms with E-state index in [9.17, 15) is 0 Å². The minimum atomic E-state index is -0.192. The Hall–Kier alpha value is -1.02. The highest BCUT2D eigenvalue weighted by molar-refractivity contribution is 5.29. The zero-order valence-corrected chi connectivity index (χ0v) is 17.5. The fourth-order valence-corrected chi connectivity index (χ4v) is 2.81. The highest BCUT2D eigenvalue weighted by Crippen LogP contribution is 2.31. The molecule has 0 fully saturated rings. The van der Waals surface area contributed by atoms with Crippen LogP contribution >= 0.6 is 0 Å². The second-order valence-electron chi connectivity index (χ2n) is 7.76. The summed E-state index contributed by atoms with van der Waals surface area (Å²) in [4.78, 5) is 0. The zero-order chi connectivity index (χ0) is 18.8. The van der Waals surface area contributed by atoms with E-state index in [2.05, 4.69) is 65.8 Å². The van der Waals surface area contributed by atoms with Gasteiger partial charge < -0.3 is 9.47 Å². The lowest BCUT2D eigenvalue weighted by Crippen LogP contribution is -2.25. The van der Waals surface area contributed by atoms with E-state index in [0.29, 0.717) is 11.8 Å². The van der Waals surface area contributed by atoms with Gasteiger partial charge in [-0.3, -0.25) is 0 Å². The van der Waals surface area contributed by atoms with E-state index in [4.69, 9.17) is 9.47 Å². The van der Waals surface area contributed by atoms with Gasteiger partial charge in [0.2, 0.25) is 0 Å². The van der Waals surface area contributed by atoms with Crippen molar-refractivity contribution in [2.75, 3.05) is 7.11 Å². The van der Waals surface area contributed by atoms with Gasteiger partial charge in [-0.05, 0) is 41.4 Å². The summed E-state index contributed by atoms with van der Waals surface area (Å²) in [6, 6.07) is 8.57. The Kier molecular flexibility index (Phi) is 11.0. The van der Waals surface area contributed by atoms with E-state index in [1.165, 1.54) is 18.4 Å². The maximum atomic E-state index is 5.97. The molecular formula is C22H40O2. The van der Waals surface area contributed by atoms with Gasteiger partial charge in [0.15, 0.2) is 6.29 Å². The van der Waals surface area contributed by atoms with E-state index in [0.717, 1.165) is 12.2 Å². The molecule has 0 aliphatic rings. The molecule has 0 aromatic heterocycles. The first kappa shape index (κ1) is 23.0. The largest absolute Gasteiger partial charge is 0.465 e. The molecule has 1 rings (SSSR count). The molecular weight excluding hydrogens is 296 g/mol. The molecule has 0 saturated heterocycles. The lowest BCUT2D eigenvalue weighted by Gasteiger charge is -2.26. The summed E-state index contributed by atoms with van der Waals surface area (Å²) in [5.74, 6) is 2.19. The Balaban J connectivity index is 0.00000254. The summed E-state index contributed by atoms with van der Waals surface area (Å²) in [5, 5.41) is 0. The third kappa shape index (κ3) is 8.73. The van der Waals surface area contributed by atoms with Crippen LogP contribution in [0.3, 0.4) is 0 Å². The predicted octanol–water partition coefficient (Wildman–Crippen LogP) is 7.04. The van der Waals surface area contributed by atoms with E-state index in [1.54, 1.807) is 7.11 Å². The molecule has 0 saturated carbocycles. The molecule has 24 heavy (non-hydrogen) atoms. The number of hydrogen-bond donors (Lipinski definition) is 0. The first-order chi connectivity index (χ1) is 11.3. The average molecular weight is 337 g/mol. The van der Waals surface area contributed by atoms with Crippen LogP contribution in [-0.4, -0.2) is 13.4 Å². The average Bonchev–Trinajstić information content (AvgIpc) is 2.53. The van der Waals surface area contributed by atoms with E-state index < -0.39 is 0 Å². The summed E-state index contributed by atoms with van der Waals surface area (Å²) < 4.78 is 11.4. The van der Waals surface area contributed by atoms with Gasteiger partial charge in [0, 0.05) is 13.5 Å². The lowest BCUT2D eigenvalue weighted by molar-refractivity contribution is -0.0756. The summed E-state index contributed by atoms with van der Waals surface area (Å²) in [7, 11) is 1.71. The summed E-state index contributed by atoms with van der Waals surface area (Å²) in [5.41, 5.74) is 1.60. The number of benzene rings is 1. The van der Waals surface area contributed by atoms with Crippen LogP contribution in [0, 0.1) is 11.3 Å². The highest BCUT2D eigenvalue weighted by Gasteiger charge is 2.20. The van der Waals surface area contributed by atoms with Crippen molar-refractivity contribution in [1.29, 1.82) is 0 Å². The van der Waals surface area contributed by atoms with Crippen LogP contribution in [0.15, 0.2) is 24.3 Å². The smallest absolute Gasteiger partial charge is 0.200 e. The molecule has 0 heterocycles. The van der Waals surface area contributed by atoms with Crippen LogP contribution in [0.1, 0.15) is 86.1 Å². The molecule has 2 atom stereocenters. The maximum absolute atomic E-state index is 5.97. The first-order valence-electron chi connectivity index (χ1n) is 9.56. The molecule has 0 aliphatic heterocycles. The lowest BCUT2D eigenvalue weighted by atomic mass is 9.85. The molecule has 0 spiro atoms. The Morgan fingerprint density at radius 3 is 1.92 bits per heavy atom. The number of rotatable bonds is 8. The standard InChI is InChI=1S/C20H34O2.C2H6/c1-8-9-18(15(2)3)16-10-12-17(13-11-16)22-19(21-7)14-20(4,5)6;1-2/h10-13,15,18-19H,8-9,14H2,1-7H3;1-2H3. The molecule has 2 unspecified atom stereocenters. The Morgan fingerprint density at radius 2 is 1.54 bits per heavy atom. The van der Waals surface area contributed by atoms with Gasteiger partial charge in [0.1, 0.15) is 5.75 Å². The van der Waals surface area contributed by atoms with Crippen molar-refractivity contribution in [3.05, 3.63) is 29.8 Å². The Morgan fingerprint density at radius 1 is 1.00 bits per heavy atom. The Labute approximate surface area is 151 Å². The maximum Gasteiger partial charge on any atom is 0.200 e. The van der Waals surface area contributed by atoms with Crippen molar-refractivity contribution in [2.24, 2.45) is 11.3 Å². The van der Waals surface area contributed by atoms with Crippen molar-refractivity contribution in [3.8, 4) is 5.75 Å². The fourth-order valence-electron chi connectivity index (χ4n) is 2.81. The minimum absolute atomic E-state index is 0.185. The van der Waals surface area contributed by atoms with Crippen molar-refractivity contribution in [3.63, 3.8) is 0 Å². The van der Waals surface area contributed by atoms with Gasteiger partial charge in [-0.25, -0.2) is 0 Å². The summed E-state index contributed by atoms with van der Waals surface area (Å²) >= 11 is 0. The van der Waals surface area contributed by atoms with Crippen LogP contribution in [0.4, 0.5) is 0 Å². The van der Waals surface area contributed by atoms with Crippen molar-refractivity contribution < 1.29 is 9.47 Å². The molecule has 1 aromatic carbocycles. The highest BCUT2D eigenvalue weighted by atomic mass is 16.7. The number of ether oxygens (including phenoxy) is 2. The van der Waals surface area contributed by atoms with Gasteiger partial charge in [-0.1, -0.05) is 73.9 Å². The van der Waals surface area contributed by atoms with Gasteiger partial charge in [0.05, 0.1) is 0 Å². The topological polar surface area (TPSA) is 18.5 Å². The predicted molar refractivity (Wildman–Crippen MR) is 106 cm³/mol. The molecule has 1 aromatic rings. The minimum Gasteiger partial charge on any atom is -0.465 e. The molecule has 2 nitrogen and oxygen atoms in total. The van der Waals surface area contributed by atoms with E-state index in [-0.39, 0.29) is 11.7 Å². The normalized spacial score (nSPS) is 13.9. The quantitative estimate of drug-likeness (QED) is 0.474. The fraction of sp³-hybridized carbons (Fsp3) is 0.727. The van der Waals surface area contributed by atoms with Crippen molar-refractivity contribution >= 4 is 0 Å². The molecule has 0 aliphatic carbocycles. The second-order valence-corrected chi connectivity index (χ2v) is 7.76. The van der Waals surface area contributed by atoms with Crippen LogP contribution in [0.25, 0.3) is 0 Å². The Bertz CT molecular complexity index is 415. The third-order valence-electron chi connectivity index (χ3n) is 4.02. The molecule has 140 valence electrons. The van der Waals surface area contributed by atoms with E-state index in [1.807, 2.05) is 13.8 Å². The van der Waals surface area contributed by atoms with Crippen LogP contribution in [0.2, 0.25) is 0 Å². The van der Waals surface area contributed by atoms with Gasteiger partial charge in [-0.2, -0.15) is 0 Å². The third-order valence-corrected chi connectivity index (χ3v) is 4.02.